The van der Waals surface area contributed by atoms with E-state index in [0.29, 0.717) is 18.3 Å². The fraction of sp³-hybridized carbons (Fsp3) is 0.857. The van der Waals surface area contributed by atoms with E-state index in [1.807, 2.05) is 32.5 Å². The summed E-state index contributed by atoms with van der Waals surface area (Å²) < 4.78 is 5.16. The van der Waals surface area contributed by atoms with Gasteiger partial charge in [0.1, 0.15) is 5.60 Å². The first kappa shape index (κ1) is 17.9. The molecule has 0 spiro atoms. The van der Waals surface area contributed by atoms with Crippen LogP contribution in [0.2, 0.25) is 0 Å². The molecule has 0 bridgehead atoms. The number of nitrogens with zero attached hydrogens (tertiary/aromatic N) is 1. The lowest BCUT2D eigenvalue weighted by Gasteiger charge is -2.20. The molecule has 1 aliphatic heterocycles. The lowest BCUT2D eigenvalue weighted by Crippen LogP contribution is -2.43. The van der Waals surface area contributed by atoms with Crippen LogP contribution in [-0.4, -0.2) is 55.3 Å². The number of nitrogens with one attached hydrogen (secondary N) is 3. The summed E-state index contributed by atoms with van der Waals surface area (Å²) in [6.07, 6.45) is 2.19. The topological polar surface area (TPSA) is 74.8 Å². The SMILES string of the molecule is CN=C(NCCNC(=O)OC(C)(C)C)NCC1CCCS1. The third-order valence-corrected chi connectivity index (χ3v) is 4.23. The van der Waals surface area contributed by atoms with Crippen LogP contribution >= 0.6 is 11.8 Å². The lowest BCUT2D eigenvalue weighted by atomic mass is 10.2. The molecule has 0 radical (unpaired) electrons. The van der Waals surface area contributed by atoms with Gasteiger partial charge in [0.15, 0.2) is 5.96 Å². The predicted octanol–water partition coefficient (Wildman–Crippen LogP) is 1.57. The minimum Gasteiger partial charge on any atom is -0.444 e. The van der Waals surface area contributed by atoms with Crippen molar-refractivity contribution in [1.29, 1.82) is 0 Å². The maximum absolute atomic E-state index is 11.5. The number of amides is 1. The van der Waals surface area contributed by atoms with Crippen molar-refractivity contribution in [1.82, 2.24) is 16.0 Å². The second-order valence-electron chi connectivity index (χ2n) is 5.94. The molecule has 1 saturated heterocycles. The van der Waals surface area contributed by atoms with Crippen LogP contribution in [0.4, 0.5) is 4.79 Å². The van der Waals surface area contributed by atoms with E-state index in [-0.39, 0.29) is 0 Å². The van der Waals surface area contributed by atoms with Gasteiger partial charge in [0.2, 0.25) is 0 Å². The maximum atomic E-state index is 11.5. The van der Waals surface area contributed by atoms with Crippen molar-refractivity contribution in [3.63, 3.8) is 0 Å². The second-order valence-corrected chi connectivity index (χ2v) is 7.35. The highest BCUT2D eigenvalue weighted by molar-refractivity contribution is 8.00. The Morgan fingerprint density at radius 1 is 1.29 bits per heavy atom. The Labute approximate surface area is 131 Å². The van der Waals surface area contributed by atoms with Gasteiger partial charge in [-0.25, -0.2) is 4.79 Å². The normalized spacial score (nSPS) is 19.2. The molecule has 1 atom stereocenters. The van der Waals surface area contributed by atoms with Crippen LogP contribution in [0.5, 0.6) is 0 Å². The smallest absolute Gasteiger partial charge is 0.407 e. The van der Waals surface area contributed by atoms with Gasteiger partial charge in [-0.15, -0.1) is 0 Å². The van der Waals surface area contributed by atoms with Crippen molar-refractivity contribution in [3.8, 4) is 0 Å². The Hall–Kier alpha value is -1.11. The molecule has 1 fully saturated rings. The molecule has 1 amide bonds. The summed E-state index contributed by atoms with van der Waals surface area (Å²) in [6.45, 7) is 7.57. The largest absolute Gasteiger partial charge is 0.444 e. The van der Waals surface area contributed by atoms with Gasteiger partial charge in [0, 0.05) is 31.9 Å². The molecule has 0 aliphatic carbocycles. The average Bonchev–Trinajstić information content (AvgIpc) is 2.89. The van der Waals surface area contributed by atoms with Crippen LogP contribution in [0.25, 0.3) is 0 Å². The van der Waals surface area contributed by atoms with Gasteiger partial charge in [-0.05, 0) is 39.4 Å². The summed E-state index contributed by atoms with van der Waals surface area (Å²) in [7, 11) is 1.75. The van der Waals surface area contributed by atoms with Crippen LogP contribution in [-0.2, 0) is 4.74 Å². The number of carbonyl (C=O) groups is 1. The third-order valence-electron chi connectivity index (χ3n) is 2.83. The van der Waals surface area contributed by atoms with Crippen molar-refractivity contribution < 1.29 is 9.53 Å². The Balaban J connectivity index is 2.10. The molecule has 1 heterocycles. The van der Waals surface area contributed by atoms with Crippen LogP contribution in [0, 0.1) is 0 Å². The number of ether oxygens (including phenoxy) is 1. The van der Waals surface area contributed by atoms with Crippen molar-refractivity contribution >= 4 is 23.8 Å². The van der Waals surface area contributed by atoms with Crippen LogP contribution in [0.15, 0.2) is 4.99 Å². The number of guanidine groups is 1. The molecule has 0 saturated carbocycles. The molecular formula is C14H28N4O2S. The van der Waals surface area contributed by atoms with E-state index in [0.717, 1.165) is 12.5 Å². The Morgan fingerprint density at radius 2 is 2.00 bits per heavy atom. The van der Waals surface area contributed by atoms with Gasteiger partial charge >= 0.3 is 6.09 Å². The Morgan fingerprint density at radius 3 is 2.57 bits per heavy atom. The number of aliphatic imine (C=N–C) groups is 1. The van der Waals surface area contributed by atoms with E-state index >= 15 is 0 Å². The highest BCUT2D eigenvalue weighted by atomic mass is 32.2. The second kappa shape index (κ2) is 9.02. The maximum Gasteiger partial charge on any atom is 0.407 e. The molecule has 122 valence electrons. The first-order chi connectivity index (χ1) is 9.90. The summed E-state index contributed by atoms with van der Waals surface area (Å²) in [5.74, 6) is 2.03. The number of thioether (sulfide) groups is 1. The summed E-state index contributed by atoms with van der Waals surface area (Å²) in [4.78, 5) is 15.6. The number of carbonyl (C=O) groups excluding carboxylic acids is 1. The highest BCUT2D eigenvalue weighted by Gasteiger charge is 2.16. The van der Waals surface area contributed by atoms with Crippen LogP contribution < -0.4 is 16.0 Å². The number of hydrogen-bond acceptors (Lipinski definition) is 4. The monoisotopic (exact) mass is 316 g/mol. The lowest BCUT2D eigenvalue weighted by molar-refractivity contribution is 0.0529. The first-order valence-corrected chi connectivity index (χ1v) is 8.48. The van der Waals surface area contributed by atoms with Gasteiger partial charge in [-0.1, -0.05) is 0 Å². The fourth-order valence-corrected chi connectivity index (χ4v) is 3.10. The number of alkyl carbamates (subject to hydrolysis) is 1. The molecular weight excluding hydrogens is 288 g/mol. The minimum atomic E-state index is -0.464. The fourth-order valence-electron chi connectivity index (χ4n) is 1.90. The van der Waals surface area contributed by atoms with Crippen molar-refractivity contribution in [3.05, 3.63) is 0 Å². The summed E-state index contributed by atoms with van der Waals surface area (Å²) in [5.41, 5.74) is -0.464. The van der Waals surface area contributed by atoms with E-state index < -0.39 is 11.7 Å². The molecule has 1 aliphatic rings. The van der Waals surface area contributed by atoms with E-state index in [2.05, 4.69) is 20.9 Å². The molecule has 1 unspecified atom stereocenters. The Bertz CT molecular complexity index is 349. The van der Waals surface area contributed by atoms with Gasteiger partial charge in [-0.3, -0.25) is 4.99 Å². The molecule has 7 heteroatoms. The van der Waals surface area contributed by atoms with Crippen molar-refractivity contribution in [2.45, 2.75) is 44.5 Å². The molecule has 0 aromatic heterocycles. The van der Waals surface area contributed by atoms with Crippen molar-refractivity contribution in [2.75, 3.05) is 32.4 Å². The van der Waals surface area contributed by atoms with Gasteiger partial charge in [0.25, 0.3) is 0 Å². The quantitative estimate of drug-likeness (QED) is 0.408. The number of rotatable bonds is 5. The zero-order valence-electron chi connectivity index (χ0n) is 13.5. The summed E-state index contributed by atoms with van der Waals surface area (Å²) in [6, 6.07) is 0. The van der Waals surface area contributed by atoms with E-state index in [9.17, 15) is 4.79 Å². The van der Waals surface area contributed by atoms with Crippen LogP contribution in [0.3, 0.4) is 0 Å². The molecule has 6 nitrogen and oxygen atoms in total. The molecule has 1 rings (SSSR count). The van der Waals surface area contributed by atoms with Gasteiger partial charge < -0.3 is 20.7 Å². The van der Waals surface area contributed by atoms with Crippen LogP contribution in [0.1, 0.15) is 33.6 Å². The van der Waals surface area contributed by atoms with E-state index in [1.165, 1.54) is 18.6 Å². The third kappa shape index (κ3) is 8.70. The zero-order chi connectivity index (χ0) is 15.7. The summed E-state index contributed by atoms with van der Waals surface area (Å²) in [5, 5.41) is 9.87. The molecule has 0 aromatic carbocycles. The van der Waals surface area contributed by atoms with Gasteiger partial charge in [0.05, 0.1) is 0 Å². The van der Waals surface area contributed by atoms with Gasteiger partial charge in [-0.2, -0.15) is 11.8 Å². The minimum absolute atomic E-state index is 0.394. The van der Waals surface area contributed by atoms with E-state index in [4.69, 9.17) is 4.74 Å². The summed E-state index contributed by atoms with van der Waals surface area (Å²) >= 11 is 2.01. The van der Waals surface area contributed by atoms with E-state index in [1.54, 1.807) is 7.05 Å². The predicted molar refractivity (Wildman–Crippen MR) is 89.1 cm³/mol. The zero-order valence-corrected chi connectivity index (χ0v) is 14.3. The molecule has 0 aromatic rings. The Kier molecular flexibility index (Phi) is 7.71. The molecule has 21 heavy (non-hydrogen) atoms. The highest BCUT2D eigenvalue weighted by Crippen LogP contribution is 2.25. The molecule has 3 N–H and O–H groups in total. The first-order valence-electron chi connectivity index (χ1n) is 7.43. The van der Waals surface area contributed by atoms with Crippen molar-refractivity contribution in [2.24, 2.45) is 4.99 Å². The number of hydrogen-bond donors (Lipinski definition) is 3. The standard InChI is InChI=1S/C14H28N4O2S/c1-14(2,3)20-13(19)17-8-7-16-12(15-4)18-10-11-6-5-9-21-11/h11H,5-10H2,1-4H3,(H,17,19)(H2,15,16,18). The average molecular weight is 316 g/mol.